The minimum atomic E-state index is -4.29. The largest absolute Gasteiger partial charge is 0.491 e. The van der Waals surface area contributed by atoms with Crippen molar-refractivity contribution in [3.63, 3.8) is 0 Å². The zero-order valence-electron chi connectivity index (χ0n) is 19.1. The Morgan fingerprint density at radius 3 is 2.31 bits per heavy atom. The van der Waals surface area contributed by atoms with Gasteiger partial charge in [0.15, 0.2) is 0 Å². The highest BCUT2D eigenvalue weighted by atomic mass is 32.2. The Kier molecular flexibility index (Phi) is 8.16. The van der Waals surface area contributed by atoms with Gasteiger partial charge in [-0.25, -0.2) is 18.1 Å². The van der Waals surface area contributed by atoms with Gasteiger partial charge in [0.05, 0.1) is 22.1 Å². The number of hydrazone groups is 1. The maximum Gasteiger partial charge on any atom is 0.293 e. The molecule has 10 nitrogen and oxygen atoms in total. The van der Waals surface area contributed by atoms with Crippen molar-refractivity contribution < 1.29 is 22.9 Å². The van der Waals surface area contributed by atoms with Gasteiger partial charge in [-0.15, -0.1) is 0 Å². The number of hydrogen-bond acceptors (Lipinski definition) is 7. The first kappa shape index (κ1) is 25.4. The van der Waals surface area contributed by atoms with E-state index in [1.165, 1.54) is 54.7 Å². The van der Waals surface area contributed by atoms with Gasteiger partial charge in [-0.05, 0) is 61.9 Å². The smallest absolute Gasteiger partial charge is 0.293 e. The summed E-state index contributed by atoms with van der Waals surface area (Å²) in [6, 6.07) is 19.7. The summed E-state index contributed by atoms with van der Waals surface area (Å²) < 4.78 is 32.9. The van der Waals surface area contributed by atoms with E-state index in [1.54, 1.807) is 30.3 Å². The summed E-state index contributed by atoms with van der Waals surface area (Å²) in [6.07, 6.45) is 1.42. The Morgan fingerprint density at radius 1 is 1.06 bits per heavy atom. The monoisotopic (exact) mass is 496 g/mol. The third-order valence-corrected chi connectivity index (χ3v) is 6.39. The van der Waals surface area contributed by atoms with Crippen molar-refractivity contribution in [1.29, 1.82) is 0 Å². The predicted molar refractivity (Wildman–Crippen MR) is 132 cm³/mol. The molecule has 0 aliphatic rings. The highest BCUT2D eigenvalue weighted by Gasteiger charge is 2.31. The van der Waals surface area contributed by atoms with Crippen molar-refractivity contribution in [3.05, 3.63) is 94.5 Å². The third kappa shape index (κ3) is 6.64. The summed E-state index contributed by atoms with van der Waals surface area (Å²) in [5, 5.41) is 15.4. The topological polar surface area (TPSA) is 131 Å². The quantitative estimate of drug-likeness (QED) is 0.258. The normalized spacial score (nSPS) is 11.4. The first-order valence-electron chi connectivity index (χ1n) is 10.6. The maximum atomic E-state index is 13.3. The lowest BCUT2D eigenvalue weighted by atomic mass is 10.2. The molecular formula is C24H24N4O6S. The van der Waals surface area contributed by atoms with Gasteiger partial charge in [-0.2, -0.15) is 5.10 Å². The minimum absolute atomic E-state index is 0.0318. The van der Waals surface area contributed by atoms with Gasteiger partial charge < -0.3 is 4.74 Å². The number of carbonyl (C=O) groups excluding carboxylic acids is 1. The maximum absolute atomic E-state index is 13.3. The summed E-state index contributed by atoms with van der Waals surface area (Å²) in [5.74, 6) is -0.0916. The zero-order chi connectivity index (χ0) is 25.4. The van der Waals surface area contributed by atoms with Crippen LogP contribution >= 0.6 is 0 Å². The number of rotatable bonds is 10. The second-order valence-electron chi connectivity index (χ2n) is 7.60. The Balaban J connectivity index is 1.82. The SMILES string of the molecule is CC(C)Oc1ccc(/C=N\NC(=O)CN(c2ccccc2[N+](=O)[O-])S(=O)(=O)c2ccccc2)cc1. The van der Waals surface area contributed by atoms with Gasteiger partial charge in [0, 0.05) is 6.07 Å². The summed E-state index contributed by atoms with van der Waals surface area (Å²) in [7, 11) is -4.29. The summed E-state index contributed by atoms with van der Waals surface area (Å²) in [4.78, 5) is 23.4. The Labute approximate surface area is 203 Å². The van der Waals surface area contributed by atoms with Crippen LogP contribution in [0, 0.1) is 10.1 Å². The van der Waals surface area contributed by atoms with Gasteiger partial charge >= 0.3 is 0 Å². The zero-order valence-corrected chi connectivity index (χ0v) is 19.9. The molecule has 0 radical (unpaired) electrons. The third-order valence-electron chi connectivity index (χ3n) is 4.62. The van der Waals surface area contributed by atoms with E-state index in [2.05, 4.69) is 10.5 Å². The first-order chi connectivity index (χ1) is 16.7. The van der Waals surface area contributed by atoms with E-state index < -0.39 is 33.1 Å². The number of ether oxygens (including phenoxy) is 1. The number of nitro benzene ring substituents is 1. The number of hydrogen-bond donors (Lipinski definition) is 1. The molecule has 11 heteroatoms. The van der Waals surface area contributed by atoms with Crippen LogP contribution in [-0.2, 0) is 14.8 Å². The average Bonchev–Trinajstić information content (AvgIpc) is 2.84. The number of nitro groups is 1. The fourth-order valence-corrected chi connectivity index (χ4v) is 4.55. The molecule has 0 unspecified atom stereocenters. The fourth-order valence-electron chi connectivity index (χ4n) is 3.10. The molecular weight excluding hydrogens is 472 g/mol. The lowest BCUT2D eigenvalue weighted by molar-refractivity contribution is -0.384. The van der Waals surface area contributed by atoms with E-state index in [1.807, 2.05) is 13.8 Å². The molecule has 0 bridgehead atoms. The van der Waals surface area contributed by atoms with Gasteiger partial charge in [-0.3, -0.25) is 14.9 Å². The molecule has 0 saturated carbocycles. The van der Waals surface area contributed by atoms with Crippen LogP contribution < -0.4 is 14.5 Å². The molecule has 0 heterocycles. The van der Waals surface area contributed by atoms with Crippen LogP contribution in [0.15, 0.2) is 88.9 Å². The van der Waals surface area contributed by atoms with Crippen LogP contribution in [0.1, 0.15) is 19.4 Å². The second-order valence-corrected chi connectivity index (χ2v) is 9.46. The highest BCUT2D eigenvalue weighted by Crippen LogP contribution is 2.31. The van der Waals surface area contributed by atoms with Crippen molar-refractivity contribution in [2.75, 3.05) is 10.8 Å². The summed E-state index contributed by atoms with van der Waals surface area (Å²) >= 11 is 0. The Hall–Kier alpha value is -4.25. The number of benzene rings is 3. The first-order valence-corrected chi connectivity index (χ1v) is 12.0. The molecule has 3 aromatic carbocycles. The van der Waals surface area contributed by atoms with Crippen molar-refractivity contribution in [2.24, 2.45) is 5.10 Å². The van der Waals surface area contributed by atoms with Crippen molar-refractivity contribution in [3.8, 4) is 5.75 Å². The molecule has 1 amide bonds. The fraction of sp³-hybridized carbons (Fsp3) is 0.167. The number of sulfonamides is 1. The molecule has 0 aliphatic heterocycles. The molecule has 0 spiro atoms. The summed E-state index contributed by atoms with van der Waals surface area (Å²) in [5.41, 5.74) is 2.26. The van der Waals surface area contributed by atoms with Crippen molar-refractivity contribution in [2.45, 2.75) is 24.8 Å². The van der Waals surface area contributed by atoms with Gasteiger partial charge in [0.1, 0.15) is 18.0 Å². The number of amides is 1. The molecule has 0 aliphatic carbocycles. The van der Waals surface area contributed by atoms with Gasteiger partial charge in [-0.1, -0.05) is 30.3 Å². The molecule has 1 N–H and O–H groups in total. The number of nitrogens with one attached hydrogen (secondary N) is 1. The van der Waals surface area contributed by atoms with E-state index in [0.717, 1.165) is 0 Å². The number of anilines is 1. The number of para-hydroxylation sites is 2. The second kappa shape index (κ2) is 11.3. The molecule has 35 heavy (non-hydrogen) atoms. The highest BCUT2D eigenvalue weighted by molar-refractivity contribution is 7.92. The van der Waals surface area contributed by atoms with E-state index in [4.69, 9.17) is 4.74 Å². The Bertz CT molecular complexity index is 1310. The van der Waals surface area contributed by atoms with Crippen LogP contribution in [0.4, 0.5) is 11.4 Å². The molecule has 0 fully saturated rings. The van der Waals surface area contributed by atoms with E-state index >= 15 is 0 Å². The Morgan fingerprint density at radius 2 is 1.69 bits per heavy atom. The summed E-state index contributed by atoms with van der Waals surface area (Å²) in [6.45, 7) is 3.10. The van der Waals surface area contributed by atoms with E-state index in [9.17, 15) is 23.3 Å². The van der Waals surface area contributed by atoms with Crippen LogP contribution in [0.2, 0.25) is 0 Å². The van der Waals surface area contributed by atoms with Crippen LogP contribution in [0.3, 0.4) is 0 Å². The average molecular weight is 497 g/mol. The molecule has 182 valence electrons. The van der Waals surface area contributed by atoms with Gasteiger partial charge in [0.2, 0.25) is 0 Å². The van der Waals surface area contributed by atoms with Gasteiger partial charge in [0.25, 0.3) is 21.6 Å². The molecule has 0 saturated heterocycles. The molecule has 0 aromatic heterocycles. The van der Waals surface area contributed by atoms with Crippen LogP contribution in [0.5, 0.6) is 5.75 Å². The predicted octanol–water partition coefficient (Wildman–Crippen LogP) is 3.73. The molecule has 0 atom stereocenters. The van der Waals surface area contributed by atoms with E-state index in [-0.39, 0.29) is 16.7 Å². The van der Waals surface area contributed by atoms with Crippen molar-refractivity contribution in [1.82, 2.24) is 5.43 Å². The lowest BCUT2D eigenvalue weighted by Crippen LogP contribution is -2.39. The van der Waals surface area contributed by atoms with E-state index in [0.29, 0.717) is 15.6 Å². The number of nitrogens with zero attached hydrogens (tertiary/aromatic N) is 3. The van der Waals surface area contributed by atoms with Crippen molar-refractivity contribution >= 4 is 33.5 Å². The van der Waals surface area contributed by atoms with Crippen LogP contribution in [0.25, 0.3) is 0 Å². The molecule has 3 aromatic rings. The van der Waals surface area contributed by atoms with Crippen LogP contribution in [-0.4, -0.2) is 38.1 Å². The molecule has 3 rings (SSSR count). The number of carbonyl (C=O) groups is 1. The lowest BCUT2D eigenvalue weighted by Gasteiger charge is -2.23. The standard InChI is InChI=1S/C24H24N4O6S/c1-18(2)34-20-14-12-19(13-15-20)16-25-26-24(29)17-27(22-10-6-7-11-23(22)28(30)31)35(32,33)21-8-4-3-5-9-21/h3-16,18H,17H2,1-2H3,(H,26,29)/b25-16-. The minimum Gasteiger partial charge on any atom is -0.491 e.